The van der Waals surface area contributed by atoms with Gasteiger partial charge in [-0.3, -0.25) is 4.79 Å². The molecule has 36 heavy (non-hydrogen) atoms. The maximum absolute atomic E-state index is 12.6. The van der Waals surface area contributed by atoms with E-state index >= 15 is 0 Å². The van der Waals surface area contributed by atoms with Crippen LogP contribution in [0.25, 0.3) is 0 Å². The third-order valence-corrected chi connectivity index (χ3v) is 7.03. The Bertz CT molecular complexity index is 1370. The van der Waals surface area contributed by atoms with Crippen LogP contribution in [0.5, 0.6) is 11.5 Å². The van der Waals surface area contributed by atoms with Gasteiger partial charge < -0.3 is 10.1 Å². The zero-order valence-corrected chi connectivity index (χ0v) is 20.6. The Morgan fingerprint density at radius 1 is 0.694 bits per heavy atom. The number of ether oxygens (including phenoxy) is 1. The molecular formula is C29H28N2O4S. The first-order valence-corrected chi connectivity index (χ1v) is 13.2. The Morgan fingerprint density at radius 2 is 1.31 bits per heavy atom. The van der Waals surface area contributed by atoms with Crippen LogP contribution in [0.15, 0.2) is 114 Å². The monoisotopic (exact) mass is 500 g/mol. The fraction of sp³-hybridized carbons (Fsp3) is 0.138. The van der Waals surface area contributed by atoms with Gasteiger partial charge in [0, 0.05) is 13.0 Å². The van der Waals surface area contributed by atoms with Crippen molar-refractivity contribution < 1.29 is 17.9 Å². The number of sulfonamides is 1. The quantitative estimate of drug-likeness (QED) is 0.282. The van der Waals surface area contributed by atoms with Gasteiger partial charge in [-0.05, 0) is 60.4 Å². The molecule has 4 aromatic carbocycles. The van der Waals surface area contributed by atoms with Gasteiger partial charge in [0.25, 0.3) is 0 Å². The minimum atomic E-state index is -3.59. The molecule has 4 aromatic rings. The molecule has 0 heterocycles. The van der Waals surface area contributed by atoms with Crippen molar-refractivity contribution in [1.29, 1.82) is 0 Å². The Labute approximate surface area is 212 Å². The van der Waals surface area contributed by atoms with Gasteiger partial charge in [0.2, 0.25) is 15.9 Å². The lowest BCUT2D eigenvalue weighted by Gasteiger charge is -2.12. The van der Waals surface area contributed by atoms with Crippen molar-refractivity contribution in [2.75, 3.05) is 11.9 Å². The van der Waals surface area contributed by atoms with Crippen molar-refractivity contribution in [2.45, 2.75) is 24.2 Å². The van der Waals surface area contributed by atoms with E-state index < -0.39 is 10.0 Å². The molecule has 0 aliphatic heterocycles. The predicted molar refractivity (Wildman–Crippen MR) is 142 cm³/mol. The van der Waals surface area contributed by atoms with E-state index in [4.69, 9.17) is 4.74 Å². The molecule has 2 N–H and O–H groups in total. The van der Waals surface area contributed by atoms with E-state index in [1.54, 1.807) is 36.4 Å². The van der Waals surface area contributed by atoms with Crippen LogP contribution in [0.1, 0.15) is 17.5 Å². The van der Waals surface area contributed by atoms with Crippen LogP contribution in [0.3, 0.4) is 0 Å². The van der Waals surface area contributed by atoms with Crippen LogP contribution < -0.4 is 14.8 Å². The molecule has 0 radical (unpaired) electrons. The smallest absolute Gasteiger partial charge is 0.240 e. The number of amides is 1. The summed E-state index contributed by atoms with van der Waals surface area (Å²) in [4.78, 5) is 12.8. The van der Waals surface area contributed by atoms with Gasteiger partial charge in [-0.25, -0.2) is 13.1 Å². The number of anilines is 1. The van der Waals surface area contributed by atoms with E-state index in [9.17, 15) is 13.2 Å². The number of hydrogen-bond acceptors (Lipinski definition) is 4. The van der Waals surface area contributed by atoms with Crippen molar-refractivity contribution in [3.05, 3.63) is 120 Å². The molecule has 0 atom stereocenters. The molecule has 0 spiro atoms. The van der Waals surface area contributed by atoms with Gasteiger partial charge >= 0.3 is 0 Å². The summed E-state index contributed by atoms with van der Waals surface area (Å²) in [5.41, 5.74) is 2.54. The van der Waals surface area contributed by atoms with Crippen LogP contribution in [0.2, 0.25) is 0 Å². The number of carbonyl (C=O) groups is 1. The molecule has 0 aliphatic rings. The number of benzene rings is 4. The molecule has 0 fully saturated rings. The zero-order chi connectivity index (χ0) is 25.2. The summed E-state index contributed by atoms with van der Waals surface area (Å²) in [7, 11) is -3.59. The second-order valence-corrected chi connectivity index (χ2v) is 10.0. The van der Waals surface area contributed by atoms with Gasteiger partial charge in [-0.15, -0.1) is 0 Å². The lowest BCUT2D eigenvalue weighted by molar-refractivity contribution is -0.116. The minimum Gasteiger partial charge on any atom is -0.455 e. The molecule has 1 amide bonds. The van der Waals surface area contributed by atoms with Crippen molar-refractivity contribution >= 4 is 21.6 Å². The third-order valence-electron chi connectivity index (χ3n) is 5.56. The Kier molecular flexibility index (Phi) is 8.49. The van der Waals surface area contributed by atoms with E-state index in [1.807, 2.05) is 72.8 Å². The highest BCUT2D eigenvalue weighted by atomic mass is 32.2. The van der Waals surface area contributed by atoms with Crippen molar-refractivity contribution in [3.8, 4) is 11.5 Å². The standard InChI is InChI=1S/C29H28N2O4S/c32-29(31-27-13-7-8-14-28(27)35-25-11-5-2-6-12-25)20-17-24-15-18-26(19-16-24)36(33,34)30-22-21-23-9-3-1-4-10-23/h1-16,18-19,30H,17,20-22H2,(H,31,32). The van der Waals surface area contributed by atoms with Gasteiger partial charge in [-0.1, -0.05) is 72.8 Å². The number of nitrogens with one attached hydrogen (secondary N) is 2. The largest absolute Gasteiger partial charge is 0.455 e. The van der Waals surface area contributed by atoms with Crippen LogP contribution in [0, 0.1) is 0 Å². The first-order valence-electron chi connectivity index (χ1n) is 11.7. The number of rotatable bonds is 11. The lowest BCUT2D eigenvalue weighted by atomic mass is 10.1. The number of para-hydroxylation sites is 3. The summed E-state index contributed by atoms with van der Waals surface area (Å²) in [6.07, 6.45) is 1.35. The van der Waals surface area contributed by atoms with Crippen LogP contribution in [-0.4, -0.2) is 20.9 Å². The van der Waals surface area contributed by atoms with Crippen molar-refractivity contribution in [3.63, 3.8) is 0 Å². The average Bonchev–Trinajstić information content (AvgIpc) is 2.90. The third kappa shape index (κ3) is 7.28. The molecule has 0 saturated carbocycles. The molecule has 0 unspecified atom stereocenters. The Balaban J connectivity index is 1.28. The second-order valence-electron chi connectivity index (χ2n) is 8.24. The summed E-state index contributed by atoms with van der Waals surface area (Å²) in [5.74, 6) is 1.09. The van der Waals surface area contributed by atoms with Crippen molar-refractivity contribution in [1.82, 2.24) is 4.72 Å². The number of hydrogen-bond donors (Lipinski definition) is 2. The van der Waals surface area contributed by atoms with Gasteiger partial charge in [-0.2, -0.15) is 0 Å². The van der Waals surface area contributed by atoms with E-state index in [2.05, 4.69) is 10.0 Å². The van der Waals surface area contributed by atoms with E-state index in [0.717, 1.165) is 11.1 Å². The van der Waals surface area contributed by atoms with Crippen molar-refractivity contribution in [2.24, 2.45) is 0 Å². The van der Waals surface area contributed by atoms with E-state index in [0.29, 0.717) is 36.6 Å². The topological polar surface area (TPSA) is 84.5 Å². The summed E-state index contributed by atoms with van der Waals surface area (Å²) in [5, 5.41) is 2.90. The number of carbonyl (C=O) groups excluding carboxylic acids is 1. The summed E-state index contributed by atoms with van der Waals surface area (Å²) in [6.45, 7) is 0.323. The lowest BCUT2D eigenvalue weighted by Crippen LogP contribution is -2.26. The average molecular weight is 501 g/mol. The fourth-order valence-corrected chi connectivity index (χ4v) is 4.67. The molecule has 0 aliphatic carbocycles. The van der Waals surface area contributed by atoms with Gasteiger partial charge in [0.15, 0.2) is 5.75 Å². The summed E-state index contributed by atoms with van der Waals surface area (Å²) in [6, 6.07) is 33.0. The zero-order valence-electron chi connectivity index (χ0n) is 19.8. The molecule has 184 valence electrons. The number of aryl methyl sites for hydroxylation is 1. The first kappa shape index (κ1) is 25.2. The Hall–Kier alpha value is -3.94. The fourth-order valence-electron chi connectivity index (χ4n) is 3.64. The van der Waals surface area contributed by atoms with Crippen LogP contribution >= 0.6 is 0 Å². The van der Waals surface area contributed by atoms with E-state index in [1.165, 1.54) is 0 Å². The molecule has 6 nitrogen and oxygen atoms in total. The predicted octanol–water partition coefficient (Wildman–Crippen LogP) is 5.57. The second kappa shape index (κ2) is 12.2. The maximum Gasteiger partial charge on any atom is 0.240 e. The normalized spacial score (nSPS) is 11.1. The summed E-state index contributed by atoms with van der Waals surface area (Å²) >= 11 is 0. The minimum absolute atomic E-state index is 0.154. The molecule has 4 rings (SSSR count). The van der Waals surface area contributed by atoms with Gasteiger partial charge in [0.05, 0.1) is 10.6 Å². The Morgan fingerprint density at radius 3 is 2.03 bits per heavy atom. The van der Waals surface area contributed by atoms with Gasteiger partial charge in [0.1, 0.15) is 5.75 Å². The highest BCUT2D eigenvalue weighted by Gasteiger charge is 2.14. The summed E-state index contributed by atoms with van der Waals surface area (Å²) < 4.78 is 33.7. The van der Waals surface area contributed by atoms with Crippen LogP contribution in [-0.2, 0) is 27.7 Å². The first-order chi connectivity index (χ1) is 17.5. The van der Waals surface area contributed by atoms with E-state index in [-0.39, 0.29) is 17.2 Å². The molecule has 0 saturated heterocycles. The molecule has 0 aromatic heterocycles. The highest BCUT2D eigenvalue weighted by molar-refractivity contribution is 7.89. The molecular weight excluding hydrogens is 472 g/mol. The highest BCUT2D eigenvalue weighted by Crippen LogP contribution is 2.29. The van der Waals surface area contributed by atoms with Crippen LogP contribution in [0.4, 0.5) is 5.69 Å². The molecule has 7 heteroatoms. The maximum atomic E-state index is 12.6. The molecule has 0 bridgehead atoms. The SMILES string of the molecule is O=C(CCc1ccc(S(=O)(=O)NCCc2ccccc2)cc1)Nc1ccccc1Oc1ccccc1.